The number of carboxylic acids is 1. The topological polar surface area (TPSA) is 91.7 Å². The zero-order valence-corrected chi connectivity index (χ0v) is 22.7. The van der Waals surface area contributed by atoms with Gasteiger partial charge in [-0.2, -0.15) is 0 Å². The third-order valence-corrected chi connectivity index (χ3v) is 11.5. The summed E-state index contributed by atoms with van der Waals surface area (Å²) in [6.45, 7) is 14.8. The van der Waals surface area contributed by atoms with Crippen LogP contribution in [0.5, 0.6) is 0 Å². The number of aliphatic hydroxyl groups excluding tert-OH is 1. The third kappa shape index (κ3) is 3.70. The van der Waals surface area contributed by atoms with Crippen LogP contribution in [0.25, 0.3) is 0 Å². The molecule has 0 unspecified atom stereocenters. The molecule has 0 aromatic rings. The summed E-state index contributed by atoms with van der Waals surface area (Å²) in [6.07, 6.45) is 7.01. The first-order chi connectivity index (χ1) is 16.1. The van der Waals surface area contributed by atoms with Gasteiger partial charge in [-0.1, -0.05) is 47.1 Å². The number of Topliss-reactive ketones (excluding diaryl/α,β-unsaturated/α-hetero) is 2. The van der Waals surface area contributed by atoms with E-state index in [0.29, 0.717) is 31.0 Å². The summed E-state index contributed by atoms with van der Waals surface area (Å²) in [5.41, 5.74) is 1.78. The monoisotopic (exact) mass is 484 g/mol. The van der Waals surface area contributed by atoms with Gasteiger partial charge in [-0.3, -0.25) is 9.59 Å². The van der Waals surface area contributed by atoms with Gasteiger partial charge in [0.15, 0.2) is 5.78 Å². The number of ketones is 2. The maximum absolute atomic E-state index is 13.9. The molecule has 0 bridgehead atoms. The van der Waals surface area contributed by atoms with Crippen molar-refractivity contribution in [3.8, 4) is 0 Å². The maximum Gasteiger partial charge on any atom is 0.331 e. The zero-order chi connectivity index (χ0) is 26.1. The number of hydrogen-bond acceptors (Lipinski definition) is 4. The Morgan fingerprint density at radius 1 is 1.09 bits per heavy atom. The van der Waals surface area contributed by atoms with Crippen molar-refractivity contribution in [2.24, 2.45) is 39.4 Å². The molecule has 0 aromatic carbocycles. The van der Waals surface area contributed by atoms with Crippen LogP contribution in [-0.2, 0) is 14.4 Å². The molecule has 2 N–H and O–H groups in total. The van der Waals surface area contributed by atoms with Gasteiger partial charge >= 0.3 is 5.97 Å². The molecule has 5 nitrogen and oxygen atoms in total. The molecular formula is C30H44O5. The number of allylic oxidation sites excluding steroid dienone is 2. The van der Waals surface area contributed by atoms with E-state index < -0.39 is 17.5 Å². The van der Waals surface area contributed by atoms with E-state index in [9.17, 15) is 19.5 Å². The molecule has 0 amide bonds. The van der Waals surface area contributed by atoms with Gasteiger partial charge < -0.3 is 10.2 Å². The van der Waals surface area contributed by atoms with Crippen LogP contribution in [0.4, 0.5) is 0 Å². The highest BCUT2D eigenvalue weighted by Gasteiger charge is 2.65. The Balaban J connectivity index is 1.67. The lowest BCUT2D eigenvalue weighted by atomic mass is 9.43. The Bertz CT molecular complexity index is 1020. The van der Waals surface area contributed by atoms with Gasteiger partial charge in [-0.25, -0.2) is 4.79 Å². The largest absolute Gasteiger partial charge is 0.478 e. The van der Waals surface area contributed by atoms with E-state index in [4.69, 9.17) is 5.11 Å². The molecule has 0 radical (unpaired) electrons. The maximum atomic E-state index is 13.9. The molecule has 5 heteroatoms. The number of aliphatic carboxylic acids is 1. The summed E-state index contributed by atoms with van der Waals surface area (Å²) in [5.74, 6) is 0.198. The van der Waals surface area contributed by atoms with Crippen molar-refractivity contribution < 1.29 is 24.6 Å². The van der Waals surface area contributed by atoms with Gasteiger partial charge in [0.1, 0.15) is 5.78 Å². The molecule has 0 aliphatic heterocycles. The molecule has 194 valence electrons. The molecule has 7 atom stereocenters. The standard InChI is InChI=1S/C30H44O5/c1-17(14-19(31)15-18(2)26(34)35)20-8-13-30(7)25-21(9-12-29(20,30)6)28(5)11-10-24(33)27(3,4)23(28)16-22(25)32/h15,17,19-20,23,31H,8-14,16H2,1-7H3,(H,34,35)/b18-15+/t17-,19+,20-,23+,28-,29-,30+/m1/s1. The van der Waals surface area contributed by atoms with Crippen LogP contribution in [0.15, 0.2) is 22.8 Å². The van der Waals surface area contributed by atoms with Crippen molar-refractivity contribution in [3.05, 3.63) is 22.8 Å². The second kappa shape index (κ2) is 8.39. The Morgan fingerprint density at radius 3 is 2.37 bits per heavy atom. The van der Waals surface area contributed by atoms with E-state index in [0.717, 1.165) is 37.7 Å². The highest BCUT2D eigenvalue weighted by atomic mass is 16.4. The first-order valence-corrected chi connectivity index (χ1v) is 13.5. The summed E-state index contributed by atoms with van der Waals surface area (Å²) >= 11 is 0. The quantitative estimate of drug-likeness (QED) is 0.474. The van der Waals surface area contributed by atoms with Crippen LogP contribution >= 0.6 is 0 Å². The van der Waals surface area contributed by atoms with E-state index in [2.05, 4.69) is 27.7 Å². The number of hydrogen-bond donors (Lipinski definition) is 2. The highest BCUT2D eigenvalue weighted by molar-refractivity contribution is 6.00. The summed E-state index contributed by atoms with van der Waals surface area (Å²) < 4.78 is 0. The predicted molar refractivity (Wildman–Crippen MR) is 136 cm³/mol. The molecule has 0 saturated heterocycles. The summed E-state index contributed by atoms with van der Waals surface area (Å²) in [7, 11) is 0. The minimum absolute atomic E-state index is 0.0462. The summed E-state index contributed by atoms with van der Waals surface area (Å²) in [4.78, 5) is 37.9. The predicted octanol–water partition coefficient (Wildman–Crippen LogP) is 5.90. The van der Waals surface area contributed by atoms with Gasteiger partial charge in [0.25, 0.3) is 0 Å². The van der Waals surface area contributed by atoms with Crippen molar-refractivity contribution >= 4 is 17.5 Å². The third-order valence-electron chi connectivity index (χ3n) is 11.5. The van der Waals surface area contributed by atoms with E-state index in [1.807, 2.05) is 13.8 Å². The molecule has 2 saturated carbocycles. The van der Waals surface area contributed by atoms with E-state index in [1.54, 1.807) is 0 Å². The van der Waals surface area contributed by atoms with Crippen molar-refractivity contribution in [2.75, 3.05) is 0 Å². The van der Waals surface area contributed by atoms with Crippen LogP contribution < -0.4 is 0 Å². The zero-order valence-electron chi connectivity index (χ0n) is 22.7. The van der Waals surface area contributed by atoms with Gasteiger partial charge in [-0.05, 0) is 80.1 Å². The van der Waals surface area contributed by atoms with Gasteiger partial charge in [0.2, 0.25) is 0 Å². The van der Waals surface area contributed by atoms with Crippen molar-refractivity contribution in [2.45, 2.75) is 106 Å². The van der Waals surface area contributed by atoms with Crippen molar-refractivity contribution in [1.29, 1.82) is 0 Å². The number of fused-ring (bicyclic) bond motifs is 4. The Kier molecular flexibility index (Phi) is 6.31. The summed E-state index contributed by atoms with van der Waals surface area (Å²) in [6, 6.07) is 0. The van der Waals surface area contributed by atoms with Crippen LogP contribution in [0.2, 0.25) is 0 Å². The molecule has 35 heavy (non-hydrogen) atoms. The molecule has 4 aliphatic carbocycles. The van der Waals surface area contributed by atoms with Crippen LogP contribution in [-0.4, -0.2) is 33.9 Å². The Hall–Kier alpha value is -1.75. The lowest BCUT2D eigenvalue weighted by Gasteiger charge is -2.60. The Labute approximate surface area is 210 Å². The highest BCUT2D eigenvalue weighted by Crippen LogP contribution is 2.71. The molecule has 0 spiro atoms. The SMILES string of the molecule is C/C(=C\[C@@H](O)C[C@@H](C)[C@H]1CC[C@@]2(C)C3=C(CC[C@]12C)[C@@]1(C)CCC(=O)C(C)(C)[C@@H]1CC3=O)C(=O)O. The lowest BCUT2D eigenvalue weighted by molar-refractivity contribution is -0.142. The fraction of sp³-hybridized carbons (Fsp3) is 0.767. The van der Waals surface area contributed by atoms with Crippen LogP contribution in [0.3, 0.4) is 0 Å². The first kappa shape index (κ1) is 26.3. The van der Waals surface area contributed by atoms with Gasteiger partial charge in [0, 0.05) is 34.8 Å². The number of rotatable bonds is 5. The van der Waals surface area contributed by atoms with Crippen LogP contribution in [0.1, 0.15) is 99.8 Å². The van der Waals surface area contributed by atoms with Gasteiger partial charge in [-0.15, -0.1) is 0 Å². The number of carboxylic acid groups (broad SMARTS) is 1. The van der Waals surface area contributed by atoms with Crippen molar-refractivity contribution in [1.82, 2.24) is 0 Å². The minimum Gasteiger partial charge on any atom is -0.478 e. The smallest absolute Gasteiger partial charge is 0.331 e. The van der Waals surface area contributed by atoms with E-state index in [-0.39, 0.29) is 39.4 Å². The molecule has 0 aromatic heterocycles. The normalized spacial score (nSPS) is 40.6. The molecule has 4 aliphatic rings. The fourth-order valence-electron chi connectivity index (χ4n) is 9.09. The average Bonchev–Trinajstić information content (AvgIpc) is 3.04. The van der Waals surface area contributed by atoms with Crippen molar-refractivity contribution in [3.63, 3.8) is 0 Å². The molecular weight excluding hydrogens is 440 g/mol. The number of carbonyl (C=O) groups excluding carboxylic acids is 2. The molecule has 0 heterocycles. The molecule has 2 fully saturated rings. The van der Waals surface area contributed by atoms with Gasteiger partial charge in [0.05, 0.1) is 6.10 Å². The Morgan fingerprint density at radius 2 is 1.74 bits per heavy atom. The lowest BCUT2D eigenvalue weighted by Crippen LogP contribution is -2.56. The number of aliphatic hydroxyl groups is 1. The van der Waals surface area contributed by atoms with Crippen LogP contribution in [0, 0.1) is 39.4 Å². The van der Waals surface area contributed by atoms with E-state index in [1.165, 1.54) is 18.6 Å². The summed E-state index contributed by atoms with van der Waals surface area (Å²) in [5, 5.41) is 19.7. The first-order valence-electron chi connectivity index (χ1n) is 13.5. The second-order valence-corrected chi connectivity index (χ2v) is 13.4. The number of carbonyl (C=O) groups is 3. The minimum atomic E-state index is -1.00. The fourth-order valence-corrected chi connectivity index (χ4v) is 9.09. The van der Waals surface area contributed by atoms with E-state index >= 15 is 0 Å². The molecule has 4 rings (SSSR count). The average molecular weight is 485 g/mol. The second-order valence-electron chi connectivity index (χ2n) is 13.4.